The lowest BCUT2D eigenvalue weighted by Gasteiger charge is -2.18. The van der Waals surface area contributed by atoms with E-state index < -0.39 is 21.5 Å². The standard InChI is InChI=1S/C10H22N2O3S/c1-4-16(14,15)7-10(13)12-9(6-11)5-8(2)3/h8-9H,4-7,11H2,1-3H3,(H,12,13). The normalized spacial score (nSPS) is 13.8. The SMILES string of the molecule is CCS(=O)(=O)CC(=O)NC(CN)CC(C)C. The van der Waals surface area contributed by atoms with E-state index in [2.05, 4.69) is 5.32 Å². The summed E-state index contributed by atoms with van der Waals surface area (Å²) in [5, 5.41) is 2.65. The van der Waals surface area contributed by atoms with Crippen molar-refractivity contribution in [2.45, 2.75) is 33.2 Å². The van der Waals surface area contributed by atoms with E-state index in [1.807, 2.05) is 13.8 Å². The Kier molecular flexibility index (Phi) is 6.59. The Labute approximate surface area is 97.7 Å². The maximum Gasteiger partial charge on any atom is 0.235 e. The number of sulfone groups is 1. The molecule has 0 aliphatic carbocycles. The average Bonchev–Trinajstić information content (AvgIpc) is 2.15. The van der Waals surface area contributed by atoms with Crippen molar-refractivity contribution in [1.29, 1.82) is 0 Å². The summed E-state index contributed by atoms with van der Waals surface area (Å²) >= 11 is 0. The summed E-state index contributed by atoms with van der Waals surface area (Å²) < 4.78 is 22.4. The maximum absolute atomic E-state index is 11.4. The molecule has 0 aromatic carbocycles. The van der Waals surface area contributed by atoms with Gasteiger partial charge >= 0.3 is 0 Å². The number of hydrogen-bond donors (Lipinski definition) is 2. The lowest BCUT2D eigenvalue weighted by atomic mass is 10.0. The van der Waals surface area contributed by atoms with Gasteiger partial charge in [-0.15, -0.1) is 0 Å². The van der Waals surface area contributed by atoms with Gasteiger partial charge in [-0.25, -0.2) is 8.42 Å². The summed E-state index contributed by atoms with van der Waals surface area (Å²) in [6.07, 6.45) is 0.758. The van der Waals surface area contributed by atoms with E-state index in [9.17, 15) is 13.2 Å². The highest BCUT2D eigenvalue weighted by Gasteiger charge is 2.17. The minimum atomic E-state index is -3.25. The Bertz CT molecular complexity index is 312. The van der Waals surface area contributed by atoms with E-state index in [4.69, 9.17) is 5.73 Å². The van der Waals surface area contributed by atoms with Crippen LogP contribution in [0.1, 0.15) is 27.2 Å². The van der Waals surface area contributed by atoms with Gasteiger partial charge in [0, 0.05) is 18.3 Å². The summed E-state index contributed by atoms with van der Waals surface area (Å²) in [5.41, 5.74) is 5.50. The largest absolute Gasteiger partial charge is 0.351 e. The number of carbonyl (C=O) groups excluding carboxylic acids is 1. The topological polar surface area (TPSA) is 89.3 Å². The molecular weight excluding hydrogens is 228 g/mol. The summed E-state index contributed by atoms with van der Waals surface area (Å²) in [7, 11) is -3.25. The second-order valence-electron chi connectivity index (χ2n) is 4.31. The van der Waals surface area contributed by atoms with Crippen LogP contribution in [0.4, 0.5) is 0 Å². The Hall–Kier alpha value is -0.620. The minimum absolute atomic E-state index is 0.0160. The molecule has 96 valence electrons. The van der Waals surface area contributed by atoms with E-state index in [0.29, 0.717) is 12.5 Å². The van der Waals surface area contributed by atoms with Gasteiger partial charge in [0.25, 0.3) is 0 Å². The van der Waals surface area contributed by atoms with Crippen LogP contribution in [0.2, 0.25) is 0 Å². The van der Waals surface area contributed by atoms with Crippen LogP contribution in [0, 0.1) is 5.92 Å². The van der Waals surface area contributed by atoms with Gasteiger partial charge in [0.15, 0.2) is 9.84 Å². The molecule has 16 heavy (non-hydrogen) atoms. The number of nitrogens with one attached hydrogen (secondary N) is 1. The van der Waals surface area contributed by atoms with Crippen LogP contribution in [-0.2, 0) is 14.6 Å². The van der Waals surface area contributed by atoms with Crippen LogP contribution in [-0.4, -0.2) is 38.4 Å². The van der Waals surface area contributed by atoms with Gasteiger partial charge in [0.1, 0.15) is 5.75 Å². The van der Waals surface area contributed by atoms with Crippen LogP contribution in [0.15, 0.2) is 0 Å². The van der Waals surface area contributed by atoms with Crippen LogP contribution < -0.4 is 11.1 Å². The second kappa shape index (κ2) is 6.85. The molecule has 0 heterocycles. The number of amides is 1. The Morgan fingerprint density at radius 3 is 2.31 bits per heavy atom. The van der Waals surface area contributed by atoms with Gasteiger partial charge in [-0.05, 0) is 12.3 Å². The molecule has 0 fully saturated rings. The summed E-state index contributed by atoms with van der Waals surface area (Å²) in [4.78, 5) is 11.4. The molecule has 0 aromatic rings. The fourth-order valence-electron chi connectivity index (χ4n) is 1.35. The molecule has 3 N–H and O–H groups in total. The predicted octanol–water partition coefficient (Wildman–Crippen LogP) is -0.0893. The zero-order valence-electron chi connectivity index (χ0n) is 10.2. The number of rotatable bonds is 7. The first-order valence-corrected chi connectivity index (χ1v) is 7.32. The van der Waals surface area contributed by atoms with Crippen molar-refractivity contribution in [2.75, 3.05) is 18.1 Å². The molecule has 0 rings (SSSR count). The Morgan fingerprint density at radius 1 is 1.38 bits per heavy atom. The molecule has 0 aliphatic rings. The van der Waals surface area contributed by atoms with Crippen molar-refractivity contribution in [1.82, 2.24) is 5.32 Å². The molecule has 1 unspecified atom stereocenters. The summed E-state index contributed by atoms with van der Waals surface area (Å²) in [5.74, 6) is -0.509. The number of carbonyl (C=O) groups is 1. The lowest BCUT2D eigenvalue weighted by molar-refractivity contribution is -0.119. The van der Waals surface area contributed by atoms with Gasteiger partial charge in [-0.3, -0.25) is 4.79 Å². The highest BCUT2D eigenvalue weighted by Crippen LogP contribution is 2.03. The van der Waals surface area contributed by atoms with Gasteiger partial charge in [-0.2, -0.15) is 0 Å². The highest BCUT2D eigenvalue weighted by molar-refractivity contribution is 7.92. The molecule has 0 spiro atoms. The molecule has 0 radical (unpaired) electrons. The lowest BCUT2D eigenvalue weighted by Crippen LogP contribution is -2.43. The number of hydrogen-bond acceptors (Lipinski definition) is 4. The second-order valence-corrected chi connectivity index (χ2v) is 6.66. The molecule has 0 aliphatic heterocycles. The predicted molar refractivity (Wildman–Crippen MR) is 64.8 cm³/mol. The van der Waals surface area contributed by atoms with E-state index in [-0.39, 0.29) is 11.8 Å². The Morgan fingerprint density at radius 2 is 1.94 bits per heavy atom. The molecule has 0 saturated heterocycles. The van der Waals surface area contributed by atoms with Crippen molar-refractivity contribution in [3.8, 4) is 0 Å². The molecule has 1 amide bonds. The molecule has 6 heteroatoms. The molecule has 1 atom stereocenters. The van der Waals surface area contributed by atoms with Gasteiger partial charge in [-0.1, -0.05) is 20.8 Å². The van der Waals surface area contributed by atoms with E-state index >= 15 is 0 Å². The first kappa shape index (κ1) is 15.4. The van der Waals surface area contributed by atoms with Crippen LogP contribution in [0.5, 0.6) is 0 Å². The fourth-order valence-corrected chi connectivity index (χ4v) is 2.04. The van der Waals surface area contributed by atoms with Gasteiger partial charge < -0.3 is 11.1 Å². The van der Waals surface area contributed by atoms with Gasteiger partial charge in [0.05, 0.1) is 0 Å². The first-order chi connectivity index (χ1) is 7.30. The highest BCUT2D eigenvalue weighted by atomic mass is 32.2. The van der Waals surface area contributed by atoms with Crippen LogP contribution >= 0.6 is 0 Å². The summed E-state index contributed by atoms with van der Waals surface area (Å²) in [6.45, 7) is 5.91. The van der Waals surface area contributed by atoms with Crippen LogP contribution in [0.3, 0.4) is 0 Å². The molecule has 0 bridgehead atoms. The number of nitrogens with two attached hydrogens (primary N) is 1. The van der Waals surface area contributed by atoms with Crippen molar-refractivity contribution in [2.24, 2.45) is 11.7 Å². The zero-order chi connectivity index (χ0) is 12.8. The van der Waals surface area contributed by atoms with Crippen molar-refractivity contribution < 1.29 is 13.2 Å². The Balaban J connectivity index is 4.21. The van der Waals surface area contributed by atoms with E-state index in [1.54, 1.807) is 0 Å². The average molecular weight is 250 g/mol. The van der Waals surface area contributed by atoms with E-state index in [0.717, 1.165) is 6.42 Å². The third-order valence-corrected chi connectivity index (χ3v) is 3.78. The fraction of sp³-hybridized carbons (Fsp3) is 0.900. The first-order valence-electron chi connectivity index (χ1n) is 5.50. The zero-order valence-corrected chi connectivity index (χ0v) is 11.0. The molecule has 0 aromatic heterocycles. The molecular formula is C10H22N2O3S. The van der Waals surface area contributed by atoms with Gasteiger partial charge in [0.2, 0.25) is 5.91 Å². The van der Waals surface area contributed by atoms with Crippen molar-refractivity contribution >= 4 is 15.7 Å². The van der Waals surface area contributed by atoms with Crippen molar-refractivity contribution in [3.05, 3.63) is 0 Å². The molecule has 0 saturated carbocycles. The van der Waals surface area contributed by atoms with Crippen molar-refractivity contribution in [3.63, 3.8) is 0 Å². The van der Waals surface area contributed by atoms with Crippen LogP contribution in [0.25, 0.3) is 0 Å². The van der Waals surface area contributed by atoms with E-state index in [1.165, 1.54) is 6.92 Å². The quantitative estimate of drug-likeness (QED) is 0.661. The molecule has 5 nitrogen and oxygen atoms in total. The third kappa shape index (κ3) is 6.79. The summed E-state index contributed by atoms with van der Waals surface area (Å²) in [6, 6.07) is -0.139. The smallest absolute Gasteiger partial charge is 0.235 e. The maximum atomic E-state index is 11.4. The monoisotopic (exact) mass is 250 g/mol. The third-order valence-electron chi connectivity index (χ3n) is 2.20. The minimum Gasteiger partial charge on any atom is -0.351 e.